The fraction of sp³-hybridized carbons (Fsp3) is 0.273. The lowest BCUT2D eigenvalue weighted by atomic mass is 10.1. The van der Waals surface area contributed by atoms with E-state index in [1.54, 1.807) is 6.08 Å². The summed E-state index contributed by atoms with van der Waals surface area (Å²) in [6.45, 7) is 7.55. The van der Waals surface area contributed by atoms with E-state index in [9.17, 15) is 4.79 Å². The van der Waals surface area contributed by atoms with Gasteiger partial charge in [-0.15, -0.1) is 0 Å². The van der Waals surface area contributed by atoms with Crippen molar-refractivity contribution < 1.29 is 9.63 Å². The number of amides is 1. The van der Waals surface area contributed by atoms with Crippen LogP contribution >= 0.6 is 0 Å². The van der Waals surface area contributed by atoms with E-state index < -0.39 is 0 Å². The van der Waals surface area contributed by atoms with E-state index in [0.717, 1.165) is 23.3 Å². The van der Waals surface area contributed by atoms with Crippen molar-refractivity contribution in [1.29, 1.82) is 0 Å². The Labute approximate surface area is 163 Å². The number of carbonyl (C=O) groups excluding carboxylic acids is 1. The van der Waals surface area contributed by atoms with Crippen LogP contribution in [-0.2, 0) is 16.2 Å². The molecule has 1 aliphatic heterocycles. The Bertz CT molecular complexity index is 1070. The van der Waals surface area contributed by atoms with E-state index in [-0.39, 0.29) is 11.9 Å². The van der Waals surface area contributed by atoms with Gasteiger partial charge in [0.2, 0.25) is 5.91 Å². The van der Waals surface area contributed by atoms with Gasteiger partial charge in [0.1, 0.15) is 6.61 Å². The number of anilines is 1. The van der Waals surface area contributed by atoms with Crippen LogP contribution in [0.1, 0.15) is 13.3 Å². The van der Waals surface area contributed by atoms with Crippen LogP contribution in [0.15, 0.2) is 60.3 Å². The second-order valence-corrected chi connectivity index (χ2v) is 6.86. The van der Waals surface area contributed by atoms with Crippen molar-refractivity contribution in [1.82, 2.24) is 9.88 Å². The van der Waals surface area contributed by atoms with Crippen LogP contribution in [0, 0.1) is 0 Å². The van der Waals surface area contributed by atoms with Crippen molar-refractivity contribution in [3.05, 3.63) is 55.1 Å². The highest BCUT2D eigenvalue weighted by Crippen LogP contribution is 2.31. The van der Waals surface area contributed by atoms with Gasteiger partial charge >= 0.3 is 0 Å². The number of carbonyl (C=O) groups is 1. The molecule has 1 aromatic heterocycles. The molecule has 144 valence electrons. The number of para-hydroxylation sites is 1. The molecular weight excluding hydrogens is 352 g/mol. The molecule has 4 rings (SSSR count). The minimum atomic E-state index is -0.307. The first-order chi connectivity index (χ1) is 13.7. The fourth-order valence-electron chi connectivity index (χ4n) is 3.76. The Balaban J connectivity index is 1.54. The van der Waals surface area contributed by atoms with Gasteiger partial charge in [0.25, 0.3) is 0 Å². The van der Waals surface area contributed by atoms with Gasteiger partial charge in [-0.1, -0.05) is 36.0 Å². The van der Waals surface area contributed by atoms with Crippen LogP contribution in [-0.4, -0.2) is 35.4 Å². The van der Waals surface area contributed by atoms with Crippen molar-refractivity contribution in [3.8, 4) is 0 Å². The number of oxime groups is 1. The Morgan fingerprint density at radius 1 is 1.32 bits per heavy atom. The predicted molar refractivity (Wildman–Crippen MR) is 114 cm³/mol. The molecule has 1 fully saturated rings. The Morgan fingerprint density at radius 2 is 2.14 bits per heavy atom. The first-order valence-corrected chi connectivity index (χ1v) is 9.55. The number of nitrogens with one attached hydrogen (secondary N) is 2. The maximum atomic E-state index is 12.7. The minimum Gasteiger partial charge on any atom is -0.392 e. The second kappa shape index (κ2) is 7.86. The average molecular weight is 376 g/mol. The molecule has 0 bridgehead atoms. The molecule has 6 heteroatoms. The van der Waals surface area contributed by atoms with Gasteiger partial charge in [0.05, 0.1) is 11.8 Å². The molecule has 0 spiro atoms. The molecule has 1 saturated heterocycles. The fourth-order valence-corrected chi connectivity index (χ4v) is 3.76. The molecule has 0 unspecified atom stereocenters. The number of rotatable bonds is 6. The highest BCUT2D eigenvalue weighted by atomic mass is 16.6. The predicted octanol–water partition coefficient (Wildman–Crippen LogP) is 3.67. The van der Waals surface area contributed by atoms with Crippen molar-refractivity contribution in [3.63, 3.8) is 0 Å². The molecule has 2 aromatic carbocycles. The van der Waals surface area contributed by atoms with Crippen molar-refractivity contribution in [2.24, 2.45) is 5.16 Å². The van der Waals surface area contributed by atoms with E-state index >= 15 is 0 Å². The quantitative estimate of drug-likeness (QED) is 0.392. The molecule has 2 heterocycles. The summed E-state index contributed by atoms with van der Waals surface area (Å²) in [5.74, 6) is -0.0625. The van der Waals surface area contributed by atoms with Crippen molar-refractivity contribution >= 4 is 39.1 Å². The van der Waals surface area contributed by atoms with Crippen molar-refractivity contribution in [2.75, 3.05) is 18.5 Å². The summed E-state index contributed by atoms with van der Waals surface area (Å²) in [5, 5.41) is 12.6. The zero-order chi connectivity index (χ0) is 19.5. The molecule has 1 aliphatic rings. The molecular formula is C22H24N4O2. The van der Waals surface area contributed by atoms with Gasteiger partial charge < -0.3 is 20.0 Å². The molecule has 6 nitrogen and oxygen atoms in total. The molecule has 0 aliphatic carbocycles. The Morgan fingerprint density at radius 3 is 2.96 bits per heavy atom. The molecule has 28 heavy (non-hydrogen) atoms. The monoisotopic (exact) mass is 376 g/mol. The van der Waals surface area contributed by atoms with Gasteiger partial charge in [-0.25, -0.2) is 0 Å². The maximum absolute atomic E-state index is 12.7. The van der Waals surface area contributed by atoms with Crippen LogP contribution in [0.25, 0.3) is 21.8 Å². The van der Waals surface area contributed by atoms with Crippen LogP contribution in [0.5, 0.6) is 0 Å². The highest BCUT2D eigenvalue weighted by molar-refractivity contribution is 6.10. The van der Waals surface area contributed by atoms with Crippen LogP contribution in [0.3, 0.4) is 0 Å². The standard InChI is InChI=1S/C22H24N4O2/c1-3-11-28-25-16-13-19(23-14-16)22(27)24-15-9-10-21-18(12-15)17-7-5-6-8-20(17)26(21)4-2/h3,5-10,12,19,23H,1,4,11,13-14H2,2H3,(H,24,27)/t19-/m0/s1. The number of benzene rings is 2. The summed E-state index contributed by atoms with van der Waals surface area (Å²) in [6.07, 6.45) is 2.18. The molecule has 1 atom stereocenters. The summed E-state index contributed by atoms with van der Waals surface area (Å²) in [7, 11) is 0. The first-order valence-electron chi connectivity index (χ1n) is 9.55. The summed E-state index contributed by atoms with van der Waals surface area (Å²) in [6, 6.07) is 14.1. The summed E-state index contributed by atoms with van der Waals surface area (Å²) in [4.78, 5) is 17.8. The highest BCUT2D eigenvalue weighted by Gasteiger charge is 2.27. The third-order valence-electron chi connectivity index (χ3n) is 5.05. The van der Waals surface area contributed by atoms with Gasteiger partial charge in [-0.05, 0) is 31.2 Å². The SMILES string of the molecule is C=CCON=C1CN[C@H](C(=O)Nc2ccc3c(c2)c2ccccc2n3CC)C1. The van der Waals surface area contributed by atoms with Gasteiger partial charge in [0, 0.05) is 47.0 Å². The lowest BCUT2D eigenvalue weighted by molar-refractivity contribution is -0.117. The lowest BCUT2D eigenvalue weighted by Gasteiger charge is -2.11. The normalized spacial score (nSPS) is 18.0. The molecule has 0 saturated carbocycles. The third kappa shape index (κ3) is 3.39. The Kier molecular flexibility index (Phi) is 5.12. The molecule has 2 N–H and O–H groups in total. The number of hydrogen-bond donors (Lipinski definition) is 2. The molecule has 0 radical (unpaired) electrons. The smallest absolute Gasteiger partial charge is 0.241 e. The topological polar surface area (TPSA) is 67.7 Å². The lowest BCUT2D eigenvalue weighted by Crippen LogP contribution is -2.35. The minimum absolute atomic E-state index is 0.0625. The number of fused-ring (bicyclic) bond motifs is 3. The zero-order valence-corrected chi connectivity index (χ0v) is 15.9. The third-order valence-corrected chi connectivity index (χ3v) is 5.05. The van der Waals surface area contributed by atoms with Gasteiger partial charge in [-0.2, -0.15) is 0 Å². The molecule has 3 aromatic rings. The number of aromatic nitrogens is 1. The van der Waals surface area contributed by atoms with E-state index in [2.05, 4.69) is 64.2 Å². The summed E-state index contributed by atoms with van der Waals surface area (Å²) >= 11 is 0. The summed E-state index contributed by atoms with van der Waals surface area (Å²) in [5.41, 5.74) is 4.02. The van der Waals surface area contributed by atoms with Gasteiger partial charge in [0.15, 0.2) is 0 Å². The number of aryl methyl sites for hydroxylation is 1. The van der Waals surface area contributed by atoms with E-state index in [0.29, 0.717) is 19.6 Å². The summed E-state index contributed by atoms with van der Waals surface area (Å²) < 4.78 is 2.29. The zero-order valence-electron chi connectivity index (χ0n) is 15.9. The van der Waals surface area contributed by atoms with Crippen LogP contribution < -0.4 is 10.6 Å². The van der Waals surface area contributed by atoms with Crippen LogP contribution in [0.2, 0.25) is 0 Å². The van der Waals surface area contributed by atoms with Gasteiger partial charge in [-0.3, -0.25) is 4.79 Å². The van der Waals surface area contributed by atoms with E-state index in [4.69, 9.17) is 4.84 Å². The van der Waals surface area contributed by atoms with Crippen molar-refractivity contribution in [2.45, 2.75) is 25.9 Å². The van der Waals surface area contributed by atoms with Crippen LogP contribution in [0.4, 0.5) is 5.69 Å². The second-order valence-electron chi connectivity index (χ2n) is 6.86. The molecule has 1 amide bonds. The van der Waals surface area contributed by atoms with E-state index in [1.807, 2.05) is 12.1 Å². The largest absolute Gasteiger partial charge is 0.392 e. The number of nitrogens with zero attached hydrogens (tertiary/aromatic N) is 2. The maximum Gasteiger partial charge on any atom is 0.241 e. The average Bonchev–Trinajstić information content (AvgIpc) is 3.31. The Hall–Kier alpha value is -3.12. The van der Waals surface area contributed by atoms with E-state index in [1.165, 1.54) is 16.4 Å². The first kappa shape index (κ1) is 18.3. The number of hydrogen-bond acceptors (Lipinski definition) is 4.